The molecule has 0 heterocycles. The van der Waals surface area contributed by atoms with Crippen LogP contribution in [0.3, 0.4) is 0 Å². The molecule has 0 radical (unpaired) electrons. The zero-order valence-corrected chi connectivity index (χ0v) is 34.4. The number of hydrogen-bond donors (Lipinski definition) is 0. The molecule has 0 saturated carbocycles. The quantitative estimate of drug-likeness (QED) is 0.0388. The van der Waals surface area contributed by atoms with Gasteiger partial charge in [-0.25, -0.2) is 0 Å². The minimum absolute atomic E-state index is 0. The molecule has 43 heavy (non-hydrogen) atoms. The van der Waals surface area contributed by atoms with Gasteiger partial charge in [0.1, 0.15) is 0 Å². The van der Waals surface area contributed by atoms with E-state index in [0.717, 1.165) is 64.2 Å². The predicted octanol–water partition coefficient (Wildman–Crippen LogP) is 10.0. The third kappa shape index (κ3) is 47.6. The fraction of sp³-hybridized carbons (Fsp3) is 0.944. The average Bonchev–Trinajstić information content (AvgIpc) is 2.95. The van der Waals surface area contributed by atoms with Crippen LogP contribution in [0, 0.1) is 0 Å². The van der Waals surface area contributed by atoms with E-state index in [2.05, 4.69) is 13.8 Å². The molecule has 2 unspecified atom stereocenters. The van der Waals surface area contributed by atoms with E-state index in [9.17, 15) is 19.8 Å². The first-order valence-corrected chi connectivity index (χ1v) is 18.9. The van der Waals surface area contributed by atoms with Gasteiger partial charge in [-0.05, 0) is 51.4 Å². The number of halogens is 2. The third-order valence-corrected chi connectivity index (χ3v) is 8.91. The summed E-state index contributed by atoms with van der Waals surface area (Å²) in [7, 11) is 0. The summed E-state index contributed by atoms with van der Waals surface area (Å²) in [6.07, 6.45) is 34.4. The Hall–Kier alpha value is 1.09. The van der Waals surface area contributed by atoms with Gasteiger partial charge in [-0.1, -0.05) is 155 Å². The third-order valence-electron chi connectivity index (χ3n) is 8.04. The van der Waals surface area contributed by atoms with Gasteiger partial charge < -0.3 is 19.8 Å². The molecule has 0 fully saturated rings. The first kappa shape index (κ1) is 48.5. The van der Waals surface area contributed by atoms with Gasteiger partial charge in [0.15, 0.2) is 0 Å². The van der Waals surface area contributed by atoms with Crippen LogP contribution in [0.15, 0.2) is 0 Å². The number of carbonyl (C=O) groups is 2. The van der Waals surface area contributed by atoms with Gasteiger partial charge in [-0.2, -0.15) is 0 Å². The first-order chi connectivity index (χ1) is 20.3. The van der Waals surface area contributed by atoms with Crippen molar-refractivity contribution < 1.29 is 19.8 Å². The van der Waals surface area contributed by atoms with Crippen LogP contribution >= 0.6 is 23.2 Å². The van der Waals surface area contributed by atoms with Crippen LogP contribution in [0.25, 0.3) is 0 Å². The molecule has 0 saturated heterocycles. The molecule has 252 valence electrons. The van der Waals surface area contributed by atoms with Crippen molar-refractivity contribution in [1.82, 2.24) is 0 Å². The summed E-state index contributed by atoms with van der Waals surface area (Å²) < 4.78 is 0. The van der Waals surface area contributed by atoms with Crippen molar-refractivity contribution in [3.63, 3.8) is 0 Å². The van der Waals surface area contributed by atoms with Crippen LogP contribution < -0.4 is 10.2 Å². The predicted molar refractivity (Wildman–Crippen MR) is 185 cm³/mol. The van der Waals surface area contributed by atoms with Crippen molar-refractivity contribution in [3.8, 4) is 0 Å². The monoisotopic (exact) mass is 772 g/mol. The summed E-state index contributed by atoms with van der Waals surface area (Å²) in [5.41, 5.74) is 0. The SMILES string of the molecule is CCCCCCCCCCCC(Cl)CCCCCC(=O)[O-].CCCCCCCCCCCC(Cl)CCCCCC(=O)[O-].[Ba+2]. The molecule has 0 aromatic carbocycles. The Bertz CT molecular complexity index is 517. The molecular weight excluding hydrogens is 705 g/mol. The molecular formula is C36H68BaCl2O4. The number of rotatable bonds is 32. The number of carboxylic acid groups (broad SMARTS) is 2. The second kappa shape index (κ2) is 41.1. The van der Waals surface area contributed by atoms with Gasteiger partial charge in [-0.15, -0.1) is 23.2 Å². The first-order valence-electron chi connectivity index (χ1n) is 18.0. The van der Waals surface area contributed by atoms with Gasteiger partial charge in [0.05, 0.1) is 0 Å². The Morgan fingerprint density at radius 3 is 0.860 bits per heavy atom. The Balaban J connectivity index is -0.000000727. The molecule has 0 aliphatic carbocycles. The van der Waals surface area contributed by atoms with Crippen LogP contribution in [0.2, 0.25) is 0 Å². The molecule has 0 amide bonds. The number of alkyl halides is 2. The number of hydrogen-bond acceptors (Lipinski definition) is 4. The van der Waals surface area contributed by atoms with E-state index in [1.165, 1.54) is 116 Å². The zero-order chi connectivity index (χ0) is 31.5. The molecule has 0 spiro atoms. The van der Waals surface area contributed by atoms with Crippen molar-refractivity contribution in [2.45, 2.75) is 217 Å². The molecule has 0 aromatic rings. The van der Waals surface area contributed by atoms with E-state index in [4.69, 9.17) is 23.2 Å². The van der Waals surface area contributed by atoms with E-state index < -0.39 is 11.9 Å². The smallest absolute Gasteiger partial charge is 0.550 e. The summed E-state index contributed by atoms with van der Waals surface area (Å²) in [6.45, 7) is 4.51. The van der Waals surface area contributed by atoms with Crippen LogP contribution in [0.1, 0.15) is 206 Å². The number of aliphatic carboxylic acids is 2. The summed E-state index contributed by atoms with van der Waals surface area (Å²) in [4.78, 5) is 20.5. The largest absolute Gasteiger partial charge is 2.00 e. The minimum atomic E-state index is -0.938. The second-order valence-corrected chi connectivity index (χ2v) is 13.6. The summed E-state index contributed by atoms with van der Waals surface area (Å²) in [5, 5.41) is 21.1. The molecule has 0 aliphatic heterocycles. The fourth-order valence-electron chi connectivity index (χ4n) is 5.27. The molecule has 7 heteroatoms. The van der Waals surface area contributed by atoms with E-state index in [1.54, 1.807) is 0 Å². The Labute approximate surface area is 318 Å². The van der Waals surface area contributed by atoms with Crippen molar-refractivity contribution in [1.29, 1.82) is 0 Å². The average molecular weight is 773 g/mol. The standard InChI is InChI=1S/2C18H35ClO2.Ba/c2*1-2-3-4-5-6-7-8-9-11-14-17(19)15-12-10-13-16-18(20)21;/h2*17H,2-16H2,1H3,(H,20,21);/q;;+2/p-2. The Morgan fingerprint density at radius 2 is 0.628 bits per heavy atom. The molecule has 4 nitrogen and oxygen atoms in total. The maximum Gasteiger partial charge on any atom is 2.00 e. The van der Waals surface area contributed by atoms with Crippen molar-refractivity contribution >= 4 is 84.0 Å². The minimum Gasteiger partial charge on any atom is -0.550 e. The topological polar surface area (TPSA) is 80.3 Å². The number of carbonyl (C=O) groups excluding carboxylic acids is 2. The molecule has 0 rings (SSSR count). The second-order valence-electron chi connectivity index (χ2n) is 12.4. The summed E-state index contributed by atoms with van der Waals surface area (Å²) >= 11 is 12.6. The maximum atomic E-state index is 10.3. The van der Waals surface area contributed by atoms with Crippen LogP contribution in [-0.2, 0) is 9.59 Å². The van der Waals surface area contributed by atoms with E-state index in [0.29, 0.717) is 0 Å². The zero-order valence-electron chi connectivity index (χ0n) is 28.5. The van der Waals surface area contributed by atoms with Gasteiger partial charge in [-0.3, -0.25) is 0 Å². The number of unbranched alkanes of at least 4 members (excludes halogenated alkanes) is 20. The molecule has 0 aromatic heterocycles. The molecule has 0 aliphatic rings. The van der Waals surface area contributed by atoms with Crippen LogP contribution in [0.5, 0.6) is 0 Å². The normalized spacial score (nSPS) is 12.2. The fourth-order valence-corrected chi connectivity index (χ4v) is 5.88. The van der Waals surface area contributed by atoms with Crippen molar-refractivity contribution in [2.24, 2.45) is 0 Å². The molecule has 2 atom stereocenters. The summed E-state index contributed by atoms with van der Waals surface area (Å²) in [5.74, 6) is -1.88. The van der Waals surface area contributed by atoms with Crippen molar-refractivity contribution in [3.05, 3.63) is 0 Å². The Morgan fingerprint density at radius 1 is 0.419 bits per heavy atom. The molecule has 0 N–H and O–H groups in total. The summed E-state index contributed by atoms with van der Waals surface area (Å²) in [6, 6.07) is 0. The van der Waals surface area contributed by atoms with E-state index in [1.807, 2.05) is 0 Å². The van der Waals surface area contributed by atoms with Crippen LogP contribution in [-0.4, -0.2) is 71.6 Å². The van der Waals surface area contributed by atoms with Gasteiger partial charge in [0.25, 0.3) is 0 Å². The van der Waals surface area contributed by atoms with Crippen molar-refractivity contribution in [2.75, 3.05) is 0 Å². The van der Waals surface area contributed by atoms with E-state index in [-0.39, 0.29) is 72.5 Å². The van der Waals surface area contributed by atoms with E-state index >= 15 is 0 Å². The van der Waals surface area contributed by atoms with Gasteiger partial charge in [0, 0.05) is 22.7 Å². The molecule has 0 bridgehead atoms. The van der Waals surface area contributed by atoms with Gasteiger partial charge in [0.2, 0.25) is 0 Å². The van der Waals surface area contributed by atoms with Gasteiger partial charge >= 0.3 is 48.9 Å². The number of carboxylic acids is 2. The van der Waals surface area contributed by atoms with Crippen LogP contribution in [0.4, 0.5) is 0 Å². The maximum absolute atomic E-state index is 10.3. The Kier molecular flexibility index (Phi) is 46.4.